The average molecular weight is 258 g/mol. The molecule has 0 spiro atoms. The smallest absolute Gasteiger partial charge is 0.0595 e. The summed E-state index contributed by atoms with van der Waals surface area (Å²) in [5, 5.41) is 4.50. The van der Waals surface area contributed by atoms with Gasteiger partial charge in [0.1, 0.15) is 0 Å². The fourth-order valence-electron chi connectivity index (χ4n) is 1.65. The SMILES string of the molecule is C=C(C)CC(Cc1ccc(Cl)c(Cl)c1)NC. The van der Waals surface area contributed by atoms with Crippen molar-refractivity contribution >= 4 is 23.2 Å². The van der Waals surface area contributed by atoms with Gasteiger partial charge in [0.25, 0.3) is 0 Å². The molecule has 0 amide bonds. The predicted molar refractivity (Wildman–Crippen MR) is 72.4 cm³/mol. The number of rotatable bonds is 5. The van der Waals surface area contributed by atoms with Crippen molar-refractivity contribution in [2.45, 2.75) is 25.8 Å². The minimum absolute atomic E-state index is 0.398. The lowest BCUT2D eigenvalue weighted by Gasteiger charge is -2.16. The molecule has 0 saturated heterocycles. The normalized spacial score (nSPS) is 12.5. The molecule has 0 radical (unpaired) electrons. The molecule has 0 aliphatic heterocycles. The Morgan fingerprint density at radius 1 is 1.38 bits per heavy atom. The van der Waals surface area contributed by atoms with E-state index in [1.54, 1.807) is 0 Å². The first-order valence-electron chi connectivity index (χ1n) is 5.28. The van der Waals surface area contributed by atoms with Crippen LogP contribution in [-0.4, -0.2) is 13.1 Å². The van der Waals surface area contributed by atoms with Crippen molar-refractivity contribution in [2.24, 2.45) is 0 Å². The topological polar surface area (TPSA) is 12.0 Å². The number of hydrogen-bond acceptors (Lipinski definition) is 1. The molecule has 88 valence electrons. The van der Waals surface area contributed by atoms with Crippen molar-refractivity contribution in [3.63, 3.8) is 0 Å². The lowest BCUT2D eigenvalue weighted by Crippen LogP contribution is -2.27. The third-order valence-corrected chi connectivity index (χ3v) is 3.21. The second-order valence-corrected chi connectivity index (χ2v) is 4.91. The van der Waals surface area contributed by atoms with Gasteiger partial charge in [-0.1, -0.05) is 34.8 Å². The molecule has 1 unspecified atom stereocenters. The summed E-state index contributed by atoms with van der Waals surface area (Å²) in [5.41, 5.74) is 2.37. The third-order valence-electron chi connectivity index (χ3n) is 2.47. The van der Waals surface area contributed by atoms with Gasteiger partial charge >= 0.3 is 0 Å². The Morgan fingerprint density at radius 3 is 2.56 bits per heavy atom. The quantitative estimate of drug-likeness (QED) is 0.784. The van der Waals surface area contributed by atoms with Gasteiger partial charge in [-0.15, -0.1) is 6.58 Å². The highest BCUT2D eigenvalue weighted by Crippen LogP contribution is 2.23. The molecule has 0 aromatic heterocycles. The predicted octanol–water partition coefficient (Wildman–Crippen LogP) is 4.09. The summed E-state index contributed by atoms with van der Waals surface area (Å²) in [6.45, 7) is 5.97. The molecule has 0 aliphatic carbocycles. The lowest BCUT2D eigenvalue weighted by atomic mass is 10.0. The molecular weight excluding hydrogens is 241 g/mol. The summed E-state index contributed by atoms with van der Waals surface area (Å²) >= 11 is 11.9. The first kappa shape index (κ1) is 13.6. The van der Waals surface area contributed by atoms with Crippen LogP contribution in [0, 0.1) is 0 Å². The highest BCUT2D eigenvalue weighted by atomic mass is 35.5. The van der Waals surface area contributed by atoms with Gasteiger partial charge in [0.05, 0.1) is 10.0 Å². The van der Waals surface area contributed by atoms with Crippen LogP contribution in [0.4, 0.5) is 0 Å². The van der Waals surface area contributed by atoms with E-state index in [-0.39, 0.29) is 0 Å². The van der Waals surface area contributed by atoms with E-state index in [0.717, 1.165) is 12.8 Å². The molecule has 0 fully saturated rings. The molecule has 0 saturated carbocycles. The summed E-state index contributed by atoms with van der Waals surface area (Å²) in [7, 11) is 1.96. The van der Waals surface area contributed by atoms with Gasteiger partial charge in [-0.25, -0.2) is 0 Å². The van der Waals surface area contributed by atoms with Crippen molar-refractivity contribution in [2.75, 3.05) is 7.05 Å². The van der Waals surface area contributed by atoms with E-state index in [9.17, 15) is 0 Å². The van der Waals surface area contributed by atoms with E-state index in [2.05, 4.69) is 11.9 Å². The summed E-state index contributed by atoms with van der Waals surface area (Å²) < 4.78 is 0. The zero-order valence-corrected chi connectivity index (χ0v) is 11.2. The molecule has 3 heteroatoms. The zero-order valence-electron chi connectivity index (χ0n) is 9.69. The minimum Gasteiger partial charge on any atom is -0.316 e. The van der Waals surface area contributed by atoms with Gasteiger partial charge in [-0.3, -0.25) is 0 Å². The van der Waals surface area contributed by atoms with Crippen molar-refractivity contribution in [3.8, 4) is 0 Å². The van der Waals surface area contributed by atoms with Crippen molar-refractivity contribution < 1.29 is 0 Å². The van der Waals surface area contributed by atoms with E-state index < -0.39 is 0 Å². The summed E-state index contributed by atoms with van der Waals surface area (Å²) in [5.74, 6) is 0. The Bertz CT molecular complexity index is 374. The summed E-state index contributed by atoms with van der Waals surface area (Å²) in [6.07, 6.45) is 1.90. The maximum Gasteiger partial charge on any atom is 0.0595 e. The molecule has 16 heavy (non-hydrogen) atoms. The zero-order chi connectivity index (χ0) is 12.1. The Hall–Kier alpha value is -0.500. The molecule has 0 heterocycles. The summed E-state index contributed by atoms with van der Waals surface area (Å²) in [6, 6.07) is 6.17. The van der Waals surface area contributed by atoms with Crippen LogP contribution in [0.1, 0.15) is 18.9 Å². The standard InChI is InChI=1S/C13H17Cl2N/c1-9(2)6-11(16-3)7-10-4-5-12(14)13(15)8-10/h4-5,8,11,16H,1,6-7H2,2-3H3. The average Bonchev–Trinajstić information content (AvgIpc) is 2.22. The molecule has 0 aliphatic rings. The molecule has 0 bridgehead atoms. The highest BCUT2D eigenvalue weighted by Gasteiger charge is 2.08. The number of nitrogens with one attached hydrogen (secondary N) is 1. The van der Waals surface area contributed by atoms with E-state index in [0.29, 0.717) is 16.1 Å². The second-order valence-electron chi connectivity index (χ2n) is 4.10. The van der Waals surface area contributed by atoms with Crippen LogP contribution in [0.5, 0.6) is 0 Å². The molecule has 1 N–H and O–H groups in total. The molecular formula is C13H17Cl2N. The van der Waals surface area contributed by atoms with Gasteiger partial charge in [0, 0.05) is 6.04 Å². The largest absolute Gasteiger partial charge is 0.316 e. The summed E-state index contributed by atoms with van der Waals surface area (Å²) in [4.78, 5) is 0. The molecule has 1 rings (SSSR count). The first-order chi connectivity index (χ1) is 7.52. The first-order valence-corrected chi connectivity index (χ1v) is 6.04. The van der Waals surface area contributed by atoms with Crippen molar-refractivity contribution in [1.82, 2.24) is 5.32 Å². The van der Waals surface area contributed by atoms with E-state index >= 15 is 0 Å². The number of likely N-dealkylation sites (N-methyl/N-ethyl adjacent to an activating group) is 1. The van der Waals surface area contributed by atoms with Gasteiger partial charge in [0.2, 0.25) is 0 Å². The van der Waals surface area contributed by atoms with Crippen LogP contribution in [0.15, 0.2) is 30.4 Å². The van der Waals surface area contributed by atoms with Crippen LogP contribution in [0.25, 0.3) is 0 Å². The van der Waals surface area contributed by atoms with Crippen molar-refractivity contribution in [1.29, 1.82) is 0 Å². The highest BCUT2D eigenvalue weighted by molar-refractivity contribution is 6.42. The van der Waals surface area contributed by atoms with Crippen LogP contribution in [0.2, 0.25) is 10.0 Å². The van der Waals surface area contributed by atoms with E-state index in [1.807, 2.05) is 32.2 Å². The number of halogens is 2. The maximum atomic E-state index is 5.98. The maximum absolute atomic E-state index is 5.98. The monoisotopic (exact) mass is 257 g/mol. The van der Waals surface area contributed by atoms with Gasteiger partial charge in [-0.05, 0) is 44.5 Å². The Labute approximate surface area is 107 Å². The van der Waals surface area contributed by atoms with Gasteiger partial charge < -0.3 is 5.32 Å². The van der Waals surface area contributed by atoms with Gasteiger partial charge in [0.15, 0.2) is 0 Å². The second kappa shape index (κ2) is 6.29. The number of hydrogen-bond donors (Lipinski definition) is 1. The number of benzene rings is 1. The molecule has 1 aromatic carbocycles. The lowest BCUT2D eigenvalue weighted by molar-refractivity contribution is 0.555. The minimum atomic E-state index is 0.398. The fraction of sp³-hybridized carbons (Fsp3) is 0.385. The molecule has 1 atom stereocenters. The Morgan fingerprint density at radius 2 is 2.06 bits per heavy atom. The molecule has 1 aromatic rings. The fourth-order valence-corrected chi connectivity index (χ4v) is 1.97. The van der Waals surface area contributed by atoms with Crippen LogP contribution >= 0.6 is 23.2 Å². The van der Waals surface area contributed by atoms with Crippen LogP contribution in [-0.2, 0) is 6.42 Å². The van der Waals surface area contributed by atoms with Gasteiger partial charge in [-0.2, -0.15) is 0 Å². The third kappa shape index (κ3) is 4.17. The molecule has 1 nitrogen and oxygen atoms in total. The van der Waals surface area contributed by atoms with E-state index in [4.69, 9.17) is 23.2 Å². The van der Waals surface area contributed by atoms with E-state index in [1.165, 1.54) is 11.1 Å². The van der Waals surface area contributed by atoms with Crippen LogP contribution < -0.4 is 5.32 Å². The Balaban J connectivity index is 2.70. The Kier molecular flexibility index (Phi) is 5.33. The van der Waals surface area contributed by atoms with Crippen molar-refractivity contribution in [3.05, 3.63) is 46.0 Å². The van der Waals surface area contributed by atoms with Crippen LogP contribution in [0.3, 0.4) is 0 Å².